The monoisotopic (exact) mass is 390 g/mol. The van der Waals surface area contributed by atoms with Gasteiger partial charge in [-0.15, -0.1) is 11.3 Å². The molecule has 3 nitrogen and oxygen atoms in total. The Morgan fingerprint density at radius 1 is 1.12 bits per heavy atom. The molecular formula is C19H16Cl2N2OS. The molecule has 6 heteroatoms. The third kappa shape index (κ3) is 4.03. The molecule has 128 valence electrons. The molecule has 0 aliphatic rings. The van der Waals surface area contributed by atoms with E-state index in [1.165, 1.54) is 16.9 Å². The summed E-state index contributed by atoms with van der Waals surface area (Å²) < 4.78 is 0. The molecule has 1 amide bonds. The van der Waals surface area contributed by atoms with Gasteiger partial charge in [0.1, 0.15) is 10.7 Å². The summed E-state index contributed by atoms with van der Waals surface area (Å²) in [5.74, 6) is 0.200. The van der Waals surface area contributed by atoms with Gasteiger partial charge in [0.15, 0.2) is 0 Å². The summed E-state index contributed by atoms with van der Waals surface area (Å²) >= 11 is 13.6. The Morgan fingerprint density at radius 2 is 1.84 bits per heavy atom. The third-order valence-electron chi connectivity index (χ3n) is 3.75. The van der Waals surface area contributed by atoms with Crippen LogP contribution in [0.2, 0.25) is 10.0 Å². The van der Waals surface area contributed by atoms with Crippen LogP contribution in [0, 0.1) is 0 Å². The summed E-state index contributed by atoms with van der Waals surface area (Å²) in [5, 5.41) is 6.14. The number of carbonyl (C=O) groups excluding carboxylic acids is 1. The molecule has 0 saturated carbocycles. The molecule has 1 N–H and O–H groups in total. The first-order chi connectivity index (χ1) is 12.0. The number of hydrogen-bond donors (Lipinski definition) is 1. The summed E-state index contributed by atoms with van der Waals surface area (Å²) in [6.07, 6.45) is 0. The zero-order chi connectivity index (χ0) is 18.0. The number of amides is 1. The van der Waals surface area contributed by atoms with E-state index in [0.717, 1.165) is 11.3 Å². The summed E-state index contributed by atoms with van der Waals surface area (Å²) in [4.78, 5) is 16.8. The molecule has 0 saturated heterocycles. The topological polar surface area (TPSA) is 42.0 Å². The number of hydrogen-bond acceptors (Lipinski definition) is 3. The molecule has 1 heterocycles. The molecule has 0 radical (unpaired) electrons. The molecule has 0 aliphatic heterocycles. The van der Waals surface area contributed by atoms with Crippen molar-refractivity contribution < 1.29 is 4.79 Å². The van der Waals surface area contributed by atoms with Crippen LogP contribution >= 0.6 is 34.5 Å². The number of thiazole rings is 1. The van der Waals surface area contributed by atoms with Crippen LogP contribution in [0.4, 0.5) is 5.69 Å². The molecule has 0 spiro atoms. The minimum atomic E-state index is -0.252. The Balaban J connectivity index is 1.77. The average molecular weight is 391 g/mol. The molecule has 2 aromatic carbocycles. The molecule has 0 bridgehead atoms. The fourth-order valence-electron chi connectivity index (χ4n) is 2.32. The van der Waals surface area contributed by atoms with E-state index in [2.05, 4.69) is 24.1 Å². The van der Waals surface area contributed by atoms with Crippen molar-refractivity contribution in [2.24, 2.45) is 0 Å². The molecule has 3 rings (SSSR count). The van der Waals surface area contributed by atoms with Crippen molar-refractivity contribution in [3.63, 3.8) is 0 Å². The van der Waals surface area contributed by atoms with Gasteiger partial charge in [-0.2, -0.15) is 0 Å². The van der Waals surface area contributed by atoms with Crippen molar-refractivity contribution in [1.29, 1.82) is 0 Å². The standard InChI is InChI=1S/C19H16Cl2N2OS/c1-11(2)12-6-8-13(9-7-12)22-18(24)16-10-25-19(23-16)14-4-3-5-15(20)17(14)21/h3-11H,1-2H3,(H,22,24). The number of nitrogens with zero attached hydrogens (tertiary/aromatic N) is 1. The van der Waals surface area contributed by atoms with E-state index in [0.29, 0.717) is 26.7 Å². The van der Waals surface area contributed by atoms with Gasteiger partial charge in [-0.05, 0) is 29.7 Å². The Bertz CT molecular complexity index is 904. The van der Waals surface area contributed by atoms with Gasteiger partial charge < -0.3 is 5.32 Å². The van der Waals surface area contributed by atoms with Crippen LogP contribution in [0.15, 0.2) is 47.8 Å². The van der Waals surface area contributed by atoms with Crippen LogP contribution in [-0.4, -0.2) is 10.9 Å². The van der Waals surface area contributed by atoms with Crippen LogP contribution in [0.3, 0.4) is 0 Å². The van der Waals surface area contributed by atoms with E-state index in [9.17, 15) is 4.79 Å². The van der Waals surface area contributed by atoms with E-state index < -0.39 is 0 Å². The number of nitrogens with one attached hydrogen (secondary N) is 1. The minimum Gasteiger partial charge on any atom is -0.321 e. The predicted octanol–water partition coefficient (Wildman–Crippen LogP) is 6.49. The van der Waals surface area contributed by atoms with Gasteiger partial charge in [0, 0.05) is 16.6 Å². The Kier molecular flexibility index (Phi) is 5.42. The number of halogens is 2. The highest BCUT2D eigenvalue weighted by Gasteiger charge is 2.15. The van der Waals surface area contributed by atoms with Crippen molar-refractivity contribution in [1.82, 2.24) is 4.98 Å². The van der Waals surface area contributed by atoms with E-state index in [4.69, 9.17) is 23.2 Å². The molecule has 0 fully saturated rings. The van der Waals surface area contributed by atoms with Crippen LogP contribution in [0.5, 0.6) is 0 Å². The lowest BCUT2D eigenvalue weighted by Crippen LogP contribution is -2.12. The number of rotatable bonds is 4. The first kappa shape index (κ1) is 17.9. The predicted molar refractivity (Wildman–Crippen MR) is 106 cm³/mol. The first-order valence-electron chi connectivity index (χ1n) is 7.77. The van der Waals surface area contributed by atoms with Gasteiger partial charge >= 0.3 is 0 Å². The van der Waals surface area contributed by atoms with Crippen molar-refractivity contribution >= 4 is 46.1 Å². The SMILES string of the molecule is CC(C)c1ccc(NC(=O)c2csc(-c3cccc(Cl)c3Cl)n2)cc1. The second-order valence-electron chi connectivity index (χ2n) is 5.87. The minimum absolute atomic E-state index is 0.252. The van der Waals surface area contributed by atoms with Gasteiger partial charge in [0.2, 0.25) is 0 Å². The summed E-state index contributed by atoms with van der Waals surface area (Å²) in [5.41, 5.74) is 3.04. The summed E-state index contributed by atoms with van der Waals surface area (Å²) in [7, 11) is 0. The quantitative estimate of drug-likeness (QED) is 0.552. The summed E-state index contributed by atoms with van der Waals surface area (Å²) in [6.45, 7) is 4.26. The summed E-state index contributed by atoms with van der Waals surface area (Å²) in [6, 6.07) is 13.2. The smallest absolute Gasteiger partial charge is 0.275 e. The van der Waals surface area contributed by atoms with Gasteiger partial charge in [-0.1, -0.05) is 61.3 Å². The Labute approximate surface area is 160 Å². The van der Waals surface area contributed by atoms with E-state index >= 15 is 0 Å². The fraction of sp³-hybridized carbons (Fsp3) is 0.158. The van der Waals surface area contributed by atoms with E-state index in [-0.39, 0.29) is 5.91 Å². The number of anilines is 1. The highest BCUT2D eigenvalue weighted by Crippen LogP contribution is 2.35. The van der Waals surface area contributed by atoms with Crippen molar-refractivity contribution in [3.05, 3.63) is 69.1 Å². The molecule has 25 heavy (non-hydrogen) atoms. The van der Waals surface area contributed by atoms with Gasteiger partial charge in [0.25, 0.3) is 5.91 Å². The van der Waals surface area contributed by atoms with Gasteiger partial charge in [0.05, 0.1) is 10.0 Å². The number of benzene rings is 2. The highest BCUT2D eigenvalue weighted by atomic mass is 35.5. The first-order valence-corrected chi connectivity index (χ1v) is 9.40. The lowest BCUT2D eigenvalue weighted by molar-refractivity contribution is 0.102. The lowest BCUT2D eigenvalue weighted by atomic mass is 10.0. The molecule has 1 aromatic heterocycles. The van der Waals surface area contributed by atoms with Crippen molar-refractivity contribution in [2.45, 2.75) is 19.8 Å². The molecule has 0 atom stereocenters. The molecule has 0 aliphatic carbocycles. The van der Waals surface area contributed by atoms with E-state index in [1.807, 2.05) is 30.3 Å². The van der Waals surface area contributed by atoms with Crippen LogP contribution in [0.25, 0.3) is 10.6 Å². The number of carbonyl (C=O) groups is 1. The Morgan fingerprint density at radius 3 is 2.52 bits per heavy atom. The van der Waals surface area contributed by atoms with Crippen LogP contribution in [0.1, 0.15) is 35.8 Å². The molecule has 0 unspecified atom stereocenters. The zero-order valence-electron chi connectivity index (χ0n) is 13.7. The maximum absolute atomic E-state index is 12.4. The second kappa shape index (κ2) is 7.56. The van der Waals surface area contributed by atoms with Crippen molar-refractivity contribution in [2.75, 3.05) is 5.32 Å². The second-order valence-corrected chi connectivity index (χ2v) is 7.51. The average Bonchev–Trinajstić information content (AvgIpc) is 3.08. The normalized spacial score (nSPS) is 10.9. The van der Waals surface area contributed by atoms with Gasteiger partial charge in [-0.25, -0.2) is 4.98 Å². The lowest BCUT2D eigenvalue weighted by Gasteiger charge is -2.07. The fourth-order valence-corrected chi connectivity index (χ4v) is 3.59. The maximum Gasteiger partial charge on any atom is 0.275 e. The zero-order valence-corrected chi connectivity index (χ0v) is 16.0. The number of aromatic nitrogens is 1. The third-order valence-corrected chi connectivity index (χ3v) is 5.45. The Hall–Kier alpha value is -1.88. The molecular weight excluding hydrogens is 375 g/mol. The largest absolute Gasteiger partial charge is 0.321 e. The maximum atomic E-state index is 12.4. The van der Waals surface area contributed by atoms with Crippen molar-refractivity contribution in [3.8, 4) is 10.6 Å². The van der Waals surface area contributed by atoms with E-state index in [1.54, 1.807) is 17.5 Å². The highest BCUT2D eigenvalue weighted by molar-refractivity contribution is 7.13. The van der Waals surface area contributed by atoms with Crippen LogP contribution in [-0.2, 0) is 0 Å². The molecule has 3 aromatic rings. The van der Waals surface area contributed by atoms with Gasteiger partial charge in [-0.3, -0.25) is 4.79 Å². The van der Waals surface area contributed by atoms with Crippen LogP contribution < -0.4 is 5.32 Å².